The molecule has 3 amide bonds. The van der Waals surface area contributed by atoms with Gasteiger partial charge in [-0.15, -0.1) is 0 Å². The first kappa shape index (κ1) is 37.8. The van der Waals surface area contributed by atoms with Crippen LogP contribution in [0.3, 0.4) is 0 Å². The number of ether oxygens (including phenoxy) is 3. The third-order valence-corrected chi connectivity index (χ3v) is 17.5. The highest BCUT2D eigenvalue weighted by Gasteiger charge is 2.66. The summed E-state index contributed by atoms with van der Waals surface area (Å²) in [5, 5.41) is 11.7. The van der Waals surface area contributed by atoms with E-state index in [0.29, 0.717) is 52.7 Å². The number of benzene rings is 5. The number of carbonyl (C=O) groups is 3. The van der Waals surface area contributed by atoms with E-state index < -0.39 is 19.8 Å². The Bertz CT molecular complexity index is 2450. The maximum Gasteiger partial charge on any atom is 0.266 e. The minimum absolute atomic E-state index is 0.0418. The predicted octanol–water partition coefficient (Wildman–Crippen LogP) is 7.31. The van der Waals surface area contributed by atoms with Crippen molar-refractivity contribution < 1.29 is 33.7 Å². The standard InChI is InChI=1S/C47H47N3O7Si/c1-29-44(58(4,5)35-21-19-34(55-3)20-22-35)42(26-43(52)49-27-31-13-7-6-12-30(31)24-33(49)28-51)57-47(29)37-25-32(18-23-38(37)48(2)46(47)54)50-39-15-9-11-17-41(39)56-40-16-10-8-14-36(40)45(50)53/h6-23,25,29,33,42,44,51H,24,26-28H2,1-5H3/t29-,33+,42+,44-,47+/m1/s1. The first-order valence-corrected chi connectivity index (χ1v) is 23.0. The molecule has 4 aliphatic heterocycles. The van der Waals surface area contributed by atoms with Gasteiger partial charge in [-0.05, 0) is 77.7 Å². The van der Waals surface area contributed by atoms with Crippen LogP contribution >= 0.6 is 0 Å². The van der Waals surface area contributed by atoms with Crippen LogP contribution < -0.4 is 24.5 Å². The highest BCUT2D eigenvalue weighted by atomic mass is 28.3. The molecule has 0 aliphatic carbocycles. The third-order valence-electron chi connectivity index (χ3n) is 13.1. The monoisotopic (exact) mass is 793 g/mol. The summed E-state index contributed by atoms with van der Waals surface area (Å²) in [4.78, 5) is 49.3. The van der Waals surface area contributed by atoms with Crippen molar-refractivity contribution in [1.82, 2.24) is 4.90 Å². The van der Waals surface area contributed by atoms with Gasteiger partial charge in [0.05, 0.1) is 57.3 Å². The van der Waals surface area contributed by atoms with Gasteiger partial charge in [-0.1, -0.05) is 85.9 Å². The molecule has 1 N–H and O–H groups in total. The second kappa shape index (κ2) is 14.3. The minimum Gasteiger partial charge on any atom is -0.497 e. The Balaban J connectivity index is 1.16. The van der Waals surface area contributed by atoms with E-state index in [4.69, 9.17) is 14.2 Å². The van der Waals surface area contributed by atoms with Crippen molar-refractivity contribution >= 4 is 48.0 Å². The Kier molecular flexibility index (Phi) is 9.30. The van der Waals surface area contributed by atoms with E-state index in [9.17, 15) is 19.5 Å². The van der Waals surface area contributed by atoms with Gasteiger partial charge in [0.25, 0.3) is 11.8 Å². The largest absolute Gasteiger partial charge is 0.497 e. The molecule has 5 aromatic carbocycles. The number of anilines is 3. The number of aliphatic hydroxyl groups excluding tert-OH is 1. The molecule has 0 aromatic heterocycles. The second-order valence-electron chi connectivity index (χ2n) is 16.5. The SMILES string of the molecule is COc1ccc([Si](C)(C)[C@H]2[C@H](CC(=O)N3Cc4ccccc4C[C@H]3CO)O[C@@]3(C(=O)N(C)c4ccc(N5C(=O)c6ccccc6Oc6ccccc65)cc43)[C@@H]2C)cc1. The number of hydrogen-bond acceptors (Lipinski definition) is 7. The highest BCUT2D eigenvalue weighted by Crippen LogP contribution is 2.60. The molecule has 0 unspecified atom stereocenters. The van der Waals surface area contributed by atoms with Gasteiger partial charge in [0, 0.05) is 30.8 Å². The molecule has 5 atom stereocenters. The number of amides is 3. The quantitative estimate of drug-likeness (QED) is 0.172. The maximum atomic E-state index is 15.0. The number of likely N-dealkylation sites (N-methyl/N-ethyl adjacent to an activating group) is 1. The van der Waals surface area contributed by atoms with Crippen molar-refractivity contribution in [3.63, 3.8) is 0 Å². The predicted molar refractivity (Wildman–Crippen MR) is 225 cm³/mol. The van der Waals surface area contributed by atoms with Crippen LogP contribution in [0, 0.1) is 5.92 Å². The van der Waals surface area contributed by atoms with E-state index >= 15 is 0 Å². The molecule has 0 saturated carbocycles. The van der Waals surface area contributed by atoms with Crippen LogP contribution in [0.15, 0.2) is 115 Å². The van der Waals surface area contributed by atoms with Crippen LogP contribution in [0.1, 0.15) is 40.4 Å². The van der Waals surface area contributed by atoms with Crippen molar-refractivity contribution in [3.05, 3.63) is 138 Å². The number of para-hydroxylation sites is 3. The zero-order chi connectivity index (χ0) is 40.5. The summed E-state index contributed by atoms with van der Waals surface area (Å²) in [6, 6.07) is 36.1. The minimum atomic E-state index is -2.58. The van der Waals surface area contributed by atoms with E-state index in [1.54, 1.807) is 41.0 Å². The molecule has 296 valence electrons. The molecular formula is C47H47N3O7Si. The lowest BCUT2D eigenvalue weighted by Gasteiger charge is -2.39. The van der Waals surface area contributed by atoms with Crippen LogP contribution in [-0.2, 0) is 32.9 Å². The summed E-state index contributed by atoms with van der Waals surface area (Å²) in [5.74, 6) is 0.788. The fraction of sp³-hybridized carbons (Fsp3) is 0.298. The van der Waals surface area contributed by atoms with Crippen molar-refractivity contribution in [3.8, 4) is 17.2 Å². The van der Waals surface area contributed by atoms with Gasteiger partial charge in [0.2, 0.25) is 5.91 Å². The Morgan fingerprint density at radius 2 is 1.57 bits per heavy atom. The normalized spacial score (nSPS) is 23.5. The van der Waals surface area contributed by atoms with Crippen LogP contribution in [0.2, 0.25) is 18.6 Å². The lowest BCUT2D eigenvalue weighted by Crippen LogP contribution is -2.52. The van der Waals surface area contributed by atoms with Crippen LogP contribution in [0.25, 0.3) is 0 Å². The summed E-state index contributed by atoms with van der Waals surface area (Å²) in [7, 11) is 0.830. The number of methoxy groups -OCH3 is 1. The number of carbonyl (C=O) groups excluding carboxylic acids is 3. The van der Waals surface area contributed by atoms with Crippen molar-refractivity contribution in [1.29, 1.82) is 0 Å². The first-order chi connectivity index (χ1) is 28.0. The van der Waals surface area contributed by atoms with Crippen molar-refractivity contribution in [2.45, 2.75) is 62.7 Å². The molecule has 58 heavy (non-hydrogen) atoms. The van der Waals surface area contributed by atoms with E-state index in [1.807, 2.05) is 84.9 Å². The third kappa shape index (κ3) is 5.78. The number of hydrogen-bond donors (Lipinski definition) is 1. The van der Waals surface area contributed by atoms with Crippen LogP contribution in [-0.4, -0.2) is 68.7 Å². The number of fused-ring (bicyclic) bond motifs is 5. The Hall–Kier alpha value is -5.75. The summed E-state index contributed by atoms with van der Waals surface area (Å²) in [5.41, 5.74) is 3.47. The van der Waals surface area contributed by atoms with E-state index in [2.05, 4.69) is 38.2 Å². The number of rotatable bonds is 7. The van der Waals surface area contributed by atoms with Gasteiger partial charge in [0.15, 0.2) is 11.4 Å². The molecule has 5 aromatic rings. The molecule has 4 aliphatic rings. The first-order valence-electron chi connectivity index (χ1n) is 19.9. The Morgan fingerprint density at radius 3 is 2.31 bits per heavy atom. The Morgan fingerprint density at radius 1 is 0.879 bits per heavy atom. The molecule has 1 spiro atoms. The van der Waals surface area contributed by atoms with Gasteiger partial charge in [-0.25, -0.2) is 0 Å². The Labute approximate surface area is 339 Å². The molecule has 10 nitrogen and oxygen atoms in total. The molecule has 11 heteroatoms. The molecule has 1 saturated heterocycles. The van der Waals surface area contributed by atoms with Gasteiger partial charge in [0.1, 0.15) is 11.5 Å². The summed E-state index contributed by atoms with van der Waals surface area (Å²) in [6.45, 7) is 6.89. The molecule has 1 fully saturated rings. The number of nitrogens with zero attached hydrogens (tertiary/aromatic N) is 3. The average Bonchev–Trinajstić information content (AvgIpc) is 3.60. The van der Waals surface area contributed by atoms with E-state index in [0.717, 1.165) is 22.1 Å². The molecule has 0 bridgehead atoms. The lowest BCUT2D eigenvalue weighted by molar-refractivity contribution is -0.150. The highest BCUT2D eigenvalue weighted by molar-refractivity contribution is 6.91. The number of aliphatic hydroxyl groups is 1. The van der Waals surface area contributed by atoms with E-state index in [-0.39, 0.29) is 48.3 Å². The van der Waals surface area contributed by atoms with Crippen molar-refractivity contribution in [2.75, 3.05) is 30.6 Å². The van der Waals surface area contributed by atoms with Crippen molar-refractivity contribution in [2.24, 2.45) is 5.92 Å². The smallest absolute Gasteiger partial charge is 0.266 e. The zero-order valence-corrected chi connectivity index (χ0v) is 34.3. The topological polar surface area (TPSA) is 109 Å². The fourth-order valence-electron chi connectivity index (χ4n) is 10.1. The summed E-state index contributed by atoms with van der Waals surface area (Å²) in [6.07, 6.45) is -0.0247. The van der Waals surface area contributed by atoms with Gasteiger partial charge < -0.3 is 29.1 Å². The van der Waals surface area contributed by atoms with Crippen LogP contribution in [0.5, 0.6) is 17.2 Å². The van der Waals surface area contributed by atoms with Gasteiger partial charge in [-0.2, -0.15) is 0 Å². The molecule has 4 heterocycles. The zero-order valence-electron chi connectivity index (χ0n) is 33.3. The molecule has 9 rings (SSSR count). The molecule has 0 radical (unpaired) electrons. The van der Waals surface area contributed by atoms with Gasteiger partial charge >= 0.3 is 0 Å². The van der Waals surface area contributed by atoms with Crippen LogP contribution in [0.4, 0.5) is 17.1 Å². The average molecular weight is 794 g/mol. The maximum absolute atomic E-state index is 15.0. The summed E-state index contributed by atoms with van der Waals surface area (Å²) >= 11 is 0. The van der Waals surface area contributed by atoms with Gasteiger partial charge in [-0.3, -0.25) is 19.3 Å². The van der Waals surface area contributed by atoms with E-state index in [1.165, 1.54) is 0 Å². The summed E-state index contributed by atoms with van der Waals surface area (Å²) < 4.78 is 19.1. The second-order valence-corrected chi connectivity index (χ2v) is 21.2. The molecular weight excluding hydrogens is 747 g/mol. The fourth-order valence-corrected chi connectivity index (χ4v) is 14.2. The lowest BCUT2D eigenvalue weighted by atomic mass is 9.82.